The van der Waals surface area contributed by atoms with Gasteiger partial charge in [0, 0.05) is 30.3 Å². The number of nitrogens with two attached hydrogens (primary N) is 1. The van der Waals surface area contributed by atoms with Crippen molar-refractivity contribution < 1.29 is 10.0 Å². The normalized spacial score (nSPS) is 9.21. The number of nitrogens with zero attached hydrogens (tertiary/aromatic N) is 1. The van der Waals surface area contributed by atoms with Gasteiger partial charge < -0.3 is 17.0 Å². The van der Waals surface area contributed by atoms with Crippen LogP contribution < -0.4 is 11.9 Å². The molecule has 78 valence electrons. The molecule has 1 rings (SSSR count). The van der Waals surface area contributed by atoms with Crippen molar-refractivity contribution in [2.24, 2.45) is 0 Å². The van der Waals surface area contributed by atoms with Gasteiger partial charge in [-0.3, -0.25) is 10.1 Å². The van der Waals surface area contributed by atoms with Crippen LogP contribution in [0.5, 0.6) is 0 Å². The van der Waals surface area contributed by atoms with Gasteiger partial charge >= 0.3 is 0 Å². The third kappa shape index (κ3) is 2.68. The van der Waals surface area contributed by atoms with Gasteiger partial charge in [0.15, 0.2) is 0 Å². The zero-order valence-electron chi connectivity index (χ0n) is 7.64. The van der Waals surface area contributed by atoms with Gasteiger partial charge in [-0.25, -0.2) is 0 Å². The Kier molecular flexibility index (Phi) is 4.54. The Morgan fingerprint density at radius 1 is 1.50 bits per heavy atom. The fourth-order valence-corrected chi connectivity index (χ4v) is 1.08. The summed E-state index contributed by atoms with van der Waals surface area (Å²) in [5.41, 5.74) is 6.22. The first-order valence-electron chi connectivity index (χ1n) is 3.79. The van der Waals surface area contributed by atoms with Crippen molar-refractivity contribution in [1.82, 2.24) is 6.15 Å². The Balaban J connectivity index is 0.00000169. The molecule has 0 bridgehead atoms. The van der Waals surface area contributed by atoms with Crippen molar-refractivity contribution >= 4 is 11.4 Å². The lowest BCUT2D eigenvalue weighted by molar-refractivity contribution is -0.385. The molecular formula is C8H13N3O3. The topological polar surface area (TPSA) is 124 Å². The first-order chi connectivity index (χ1) is 6.15. The van der Waals surface area contributed by atoms with E-state index >= 15 is 0 Å². The number of nitro groups is 1. The van der Waals surface area contributed by atoms with Gasteiger partial charge in [0.1, 0.15) is 0 Å². The molecule has 6 nitrogen and oxygen atoms in total. The van der Waals surface area contributed by atoms with E-state index in [1.807, 2.05) is 0 Å². The van der Waals surface area contributed by atoms with Gasteiger partial charge in [-0.1, -0.05) is 6.07 Å². The molecule has 0 aliphatic carbocycles. The minimum atomic E-state index is -0.499. The number of rotatable bonds is 3. The van der Waals surface area contributed by atoms with E-state index in [4.69, 9.17) is 10.8 Å². The second kappa shape index (κ2) is 5.15. The minimum absolute atomic E-state index is 0. The molecule has 0 heterocycles. The second-order valence-electron chi connectivity index (χ2n) is 2.62. The molecular weight excluding hydrogens is 186 g/mol. The number of anilines is 1. The predicted octanol–water partition coefficient (Wildman–Crippen LogP) is 0.874. The van der Waals surface area contributed by atoms with Gasteiger partial charge in [-0.2, -0.15) is 0 Å². The Morgan fingerprint density at radius 3 is 2.64 bits per heavy atom. The van der Waals surface area contributed by atoms with Gasteiger partial charge in [-0.05, 0) is 6.07 Å². The standard InChI is InChI=1S/C8H10N2O3.H3N/c9-7-2-1-6(3-4-11)8(5-7)10(12)13;/h1-2,5,11H,3-4,9H2;1H3. The first-order valence-corrected chi connectivity index (χ1v) is 3.79. The summed E-state index contributed by atoms with van der Waals surface area (Å²) < 4.78 is 0. The first kappa shape index (κ1) is 12.3. The maximum Gasteiger partial charge on any atom is 0.274 e. The van der Waals surface area contributed by atoms with Crippen molar-refractivity contribution in [3.63, 3.8) is 0 Å². The lowest BCUT2D eigenvalue weighted by Gasteiger charge is -2.01. The van der Waals surface area contributed by atoms with Crippen LogP contribution in [0.15, 0.2) is 18.2 Å². The molecule has 0 unspecified atom stereocenters. The van der Waals surface area contributed by atoms with E-state index < -0.39 is 4.92 Å². The van der Waals surface area contributed by atoms with Crippen LogP contribution in [0.1, 0.15) is 5.56 Å². The molecule has 0 aliphatic rings. The van der Waals surface area contributed by atoms with E-state index in [0.717, 1.165) is 0 Å². The number of aliphatic hydroxyl groups excluding tert-OH is 1. The van der Waals surface area contributed by atoms with Crippen LogP contribution in [0.3, 0.4) is 0 Å². The highest BCUT2D eigenvalue weighted by Crippen LogP contribution is 2.21. The zero-order chi connectivity index (χ0) is 9.84. The SMILES string of the molecule is N.Nc1ccc(CCO)c([N+](=O)[O-])c1. The van der Waals surface area contributed by atoms with Crippen molar-refractivity contribution in [3.8, 4) is 0 Å². The van der Waals surface area contributed by atoms with Crippen molar-refractivity contribution in [2.75, 3.05) is 12.3 Å². The van der Waals surface area contributed by atoms with E-state index in [1.165, 1.54) is 6.07 Å². The van der Waals surface area contributed by atoms with Crippen LogP contribution in [0.2, 0.25) is 0 Å². The van der Waals surface area contributed by atoms with Gasteiger partial charge in [0.25, 0.3) is 5.69 Å². The van der Waals surface area contributed by atoms with E-state index in [1.54, 1.807) is 12.1 Å². The van der Waals surface area contributed by atoms with Gasteiger partial charge in [0.2, 0.25) is 0 Å². The molecule has 0 aromatic heterocycles. The highest BCUT2D eigenvalue weighted by atomic mass is 16.6. The molecule has 0 saturated heterocycles. The molecule has 14 heavy (non-hydrogen) atoms. The fraction of sp³-hybridized carbons (Fsp3) is 0.250. The fourth-order valence-electron chi connectivity index (χ4n) is 1.08. The number of aliphatic hydroxyl groups is 1. The zero-order valence-corrected chi connectivity index (χ0v) is 7.64. The second-order valence-corrected chi connectivity index (χ2v) is 2.62. The highest BCUT2D eigenvalue weighted by Gasteiger charge is 2.12. The Hall–Kier alpha value is -1.66. The Bertz CT molecular complexity index is 328. The molecule has 0 aliphatic heterocycles. The Morgan fingerprint density at radius 2 is 2.14 bits per heavy atom. The van der Waals surface area contributed by atoms with Crippen LogP contribution in [0.25, 0.3) is 0 Å². The highest BCUT2D eigenvalue weighted by molar-refractivity contribution is 5.52. The number of benzene rings is 1. The van der Waals surface area contributed by atoms with Gasteiger partial charge in [0.05, 0.1) is 4.92 Å². The van der Waals surface area contributed by atoms with Crippen LogP contribution >= 0.6 is 0 Å². The molecule has 0 atom stereocenters. The third-order valence-corrected chi connectivity index (χ3v) is 1.69. The lowest BCUT2D eigenvalue weighted by atomic mass is 10.1. The number of nitro benzene ring substituents is 1. The van der Waals surface area contributed by atoms with Crippen molar-refractivity contribution in [1.29, 1.82) is 0 Å². The summed E-state index contributed by atoms with van der Waals surface area (Å²) in [7, 11) is 0. The maximum absolute atomic E-state index is 10.5. The average molecular weight is 199 g/mol. The molecule has 0 spiro atoms. The smallest absolute Gasteiger partial charge is 0.274 e. The van der Waals surface area contributed by atoms with Crippen molar-refractivity contribution in [2.45, 2.75) is 6.42 Å². The molecule has 1 aromatic rings. The number of hydrogen-bond donors (Lipinski definition) is 3. The van der Waals surface area contributed by atoms with E-state index in [9.17, 15) is 10.1 Å². The summed E-state index contributed by atoms with van der Waals surface area (Å²) in [6, 6.07) is 4.44. The van der Waals surface area contributed by atoms with Gasteiger partial charge in [-0.15, -0.1) is 0 Å². The number of hydrogen-bond acceptors (Lipinski definition) is 5. The molecule has 0 radical (unpaired) electrons. The summed E-state index contributed by atoms with van der Waals surface area (Å²) in [6.07, 6.45) is 0.274. The molecule has 1 aromatic carbocycles. The van der Waals surface area contributed by atoms with Crippen molar-refractivity contribution in [3.05, 3.63) is 33.9 Å². The maximum atomic E-state index is 10.5. The number of nitrogen functional groups attached to an aromatic ring is 1. The van der Waals surface area contributed by atoms with Crippen LogP contribution in [0, 0.1) is 10.1 Å². The summed E-state index contributed by atoms with van der Waals surface area (Å²) in [4.78, 5) is 10.0. The van der Waals surface area contributed by atoms with Crippen LogP contribution in [-0.2, 0) is 6.42 Å². The molecule has 0 amide bonds. The quantitative estimate of drug-likeness (QED) is 0.378. The monoisotopic (exact) mass is 199 g/mol. The van der Waals surface area contributed by atoms with Crippen LogP contribution in [0.4, 0.5) is 11.4 Å². The molecule has 0 saturated carbocycles. The summed E-state index contributed by atoms with van der Waals surface area (Å²) in [5.74, 6) is 0. The molecule has 6 N–H and O–H groups in total. The van der Waals surface area contributed by atoms with Crippen LogP contribution in [-0.4, -0.2) is 16.6 Å². The third-order valence-electron chi connectivity index (χ3n) is 1.69. The molecule has 6 heteroatoms. The van der Waals surface area contributed by atoms with E-state index in [-0.39, 0.29) is 24.9 Å². The summed E-state index contributed by atoms with van der Waals surface area (Å²) in [6.45, 7) is -0.106. The largest absolute Gasteiger partial charge is 0.399 e. The summed E-state index contributed by atoms with van der Waals surface area (Å²) in [5, 5.41) is 19.2. The molecule has 0 fully saturated rings. The van der Waals surface area contributed by atoms with E-state index in [2.05, 4.69) is 0 Å². The minimum Gasteiger partial charge on any atom is -0.399 e. The summed E-state index contributed by atoms with van der Waals surface area (Å²) >= 11 is 0. The average Bonchev–Trinajstić information content (AvgIpc) is 2.08. The van der Waals surface area contributed by atoms with E-state index in [0.29, 0.717) is 11.3 Å². The predicted molar refractivity (Wildman–Crippen MR) is 53.3 cm³/mol. The Labute approximate surface area is 81.1 Å². The lowest BCUT2D eigenvalue weighted by Crippen LogP contribution is -1.99.